The summed E-state index contributed by atoms with van der Waals surface area (Å²) in [6.07, 6.45) is 7.77. The Bertz CT molecular complexity index is 1870. The van der Waals surface area contributed by atoms with E-state index in [9.17, 15) is 40.4 Å². The highest BCUT2D eigenvalue weighted by molar-refractivity contribution is 14.1. The fraction of sp³-hybridized carbons (Fsp3) is 0.179. The summed E-state index contributed by atoms with van der Waals surface area (Å²) in [5.74, 6) is -13.6. The number of terminal acetylenes is 1. The number of halogens is 7. The first-order chi connectivity index (χ1) is 21.0. The molecule has 0 unspecified atom stereocenters. The van der Waals surface area contributed by atoms with Crippen LogP contribution in [0.5, 0.6) is 11.5 Å². The predicted molar refractivity (Wildman–Crippen MR) is 172 cm³/mol. The summed E-state index contributed by atoms with van der Waals surface area (Å²) in [7, 11) is -5.78. The summed E-state index contributed by atoms with van der Waals surface area (Å²) in [5, 5.41) is 0. The molecule has 0 saturated heterocycles. The highest BCUT2D eigenvalue weighted by Crippen LogP contribution is 2.36. The number of hydrogen-bond acceptors (Lipinski definition) is 8. The van der Waals surface area contributed by atoms with Gasteiger partial charge in [0.15, 0.2) is 27.9 Å². The Balaban J connectivity index is 1.79. The lowest BCUT2D eigenvalue weighted by atomic mass is 10.0. The van der Waals surface area contributed by atoms with Crippen LogP contribution in [0.15, 0.2) is 35.2 Å². The van der Waals surface area contributed by atoms with E-state index in [1.54, 1.807) is 12.1 Å². The minimum absolute atomic E-state index is 0.0631. The summed E-state index contributed by atoms with van der Waals surface area (Å²) in [6, 6.07) is 6.05. The maximum Gasteiger partial charge on any atom is 0.344 e. The molecule has 0 aliphatic heterocycles. The summed E-state index contributed by atoms with van der Waals surface area (Å²) >= 11 is 5.80. The van der Waals surface area contributed by atoms with Crippen molar-refractivity contribution in [2.45, 2.75) is 36.2 Å². The average Bonchev–Trinajstić information content (AvgIpc) is 3.43. The number of carbonyl (C=O) groups excluding carboxylic acids is 3. The van der Waals surface area contributed by atoms with Crippen LogP contribution in [0.1, 0.15) is 56.8 Å². The van der Waals surface area contributed by atoms with E-state index in [1.807, 2.05) is 67.8 Å². The zero-order valence-electron chi connectivity index (χ0n) is 22.1. The van der Waals surface area contributed by atoms with Gasteiger partial charge < -0.3 is 14.2 Å². The third-order valence-corrected chi connectivity index (χ3v) is 9.55. The van der Waals surface area contributed by atoms with Gasteiger partial charge in [0.2, 0.25) is 17.4 Å². The molecule has 236 valence electrons. The molecule has 1 fully saturated rings. The number of rotatable bonds is 7. The highest BCUT2D eigenvalue weighted by atomic mass is 127. The molecule has 1 saturated carbocycles. The molecule has 0 radical (unpaired) electrons. The SMILES string of the molecule is C#CC1(OC(=O)c2ccc(C(=O)Oc3c(F)c(F)c(S(=O)(=O)O)c(F)c3F)c(C(=O)Oc3c(I)cc(I)cc3I)c2)CCCC1. The van der Waals surface area contributed by atoms with E-state index in [0.717, 1.165) is 21.8 Å². The average molecular weight is 984 g/mol. The second-order valence-corrected chi connectivity index (χ2v) is 14.3. The molecular weight excluding hydrogens is 969 g/mol. The van der Waals surface area contributed by atoms with E-state index in [0.29, 0.717) is 32.8 Å². The van der Waals surface area contributed by atoms with Crippen LogP contribution < -0.4 is 9.47 Å². The molecule has 3 aromatic rings. The maximum absolute atomic E-state index is 14.6. The van der Waals surface area contributed by atoms with Crippen LogP contribution in [-0.2, 0) is 14.9 Å². The fourth-order valence-corrected chi connectivity index (χ4v) is 8.74. The number of benzene rings is 3. The molecule has 45 heavy (non-hydrogen) atoms. The second kappa shape index (κ2) is 13.7. The standard InChI is InChI=1S/C28H15F4I3O9S/c1-2-28(7-3-4-8-28)44-25(36)12-5-6-14(15(9-12)27(38)42-22-16(34)10-13(33)11-17(22)35)26(37)43-23-18(29)20(31)24(45(39,40)41)21(32)19(23)30/h1,5-6,9-11H,3-4,7-8H2,(H,39,40,41). The van der Waals surface area contributed by atoms with Crippen LogP contribution in [0.3, 0.4) is 0 Å². The predicted octanol–water partition coefficient (Wildman–Crippen LogP) is 6.84. The fourth-order valence-electron chi connectivity index (χ4n) is 4.31. The Labute approximate surface area is 293 Å². The number of hydrogen-bond donors (Lipinski definition) is 1. The molecule has 9 nitrogen and oxygen atoms in total. The Morgan fingerprint density at radius 3 is 1.82 bits per heavy atom. The monoisotopic (exact) mass is 984 g/mol. The number of carbonyl (C=O) groups is 3. The van der Waals surface area contributed by atoms with Gasteiger partial charge in [0.1, 0.15) is 0 Å². The first-order valence-electron chi connectivity index (χ1n) is 12.3. The van der Waals surface area contributed by atoms with Crippen LogP contribution in [-0.4, -0.2) is 36.5 Å². The van der Waals surface area contributed by atoms with Gasteiger partial charge >= 0.3 is 28.0 Å². The molecule has 0 amide bonds. The lowest BCUT2D eigenvalue weighted by molar-refractivity contribution is 0.0103. The van der Waals surface area contributed by atoms with Gasteiger partial charge in [-0.2, -0.15) is 17.2 Å². The van der Waals surface area contributed by atoms with Gasteiger partial charge in [0.25, 0.3) is 0 Å². The van der Waals surface area contributed by atoms with Gasteiger partial charge in [-0.15, -0.1) is 6.42 Å². The Morgan fingerprint density at radius 2 is 1.31 bits per heavy atom. The lowest BCUT2D eigenvalue weighted by Gasteiger charge is -2.23. The minimum Gasteiger partial charge on any atom is -0.442 e. The van der Waals surface area contributed by atoms with Gasteiger partial charge in [0, 0.05) is 3.57 Å². The number of ether oxygens (including phenoxy) is 3. The lowest BCUT2D eigenvalue weighted by Crippen LogP contribution is -2.30. The van der Waals surface area contributed by atoms with Crippen molar-refractivity contribution < 1.29 is 59.1 Å². The van der Waals surface area contributed by atoms with Crippen LogP contribution in [0, 0.1) is 46.3 Å². The molecule has 1 aliphatic carbocycles. The zero-order valence-corrected chi connectivity index (χ0v) is 29.3. The zero-order chi connectivity index (χ0) is 33.4. The smallest absolute Gasteiger partial charge is 0.344 e. The minimum atomic E-state index is -5.78. The topological polar surface area (TPSA) is 133 Å². The Kier molecular flexibility index (Phi) is 10.7. The summed E-state index contributed by atoms with van der Waals surface area (Å²) in [6.45, 7) is 0. The van der Waals surface area contributed by atoms with E-state index in [-0.39, 0.29) is 11.3 Å². The van der Waals surface area contributed by atoms with Crippen molar-refractivity contribution in [2.75, 3.05) is 0 Å². The molecule has 0 heterocycles. The first kappa shape index (κ1) is 35.3. The Morgan fingerprint density at radius 1 is 0.800 bits per heavy atom. The van der Waals surface area contributed by atoms with Crippen molar-refractivity contribution in [1.82, 2.24) is 0 Å². The molecule has 4 rings (SSSR count). The van der Waals surface area contributed by atoms with Crippen LogP contribution in [0.4, 0.5) is 17.6 Å². The van der Waals surface area contributed by atoms with Crippen molar-refractivity contribution in [1.29, 1.82) is 0 Å². The molecule has 0 spiro atoms. The number of esters is 3. The van der Waals surface area contributed by atoms with Crippen molar-refractivity contribution in [3.63, 3.8) is 0 Å². The van der Waals surface area contributed by atoms with Gasteiger partial charge in [-0.3, -0.25) is 4.55 Å². The van der Waals surface area contributed by atoms with Crippen LogP contribution in [0.25, 0.3) is 0 Å². The molecular formula is C28H15F4I3O9S. The quantitative estimate of drug-likeness (QED) is 0.0514. The Hall–Kier alpha value is -2.55. The van der Waals surface area contributed by atoms with Crippen molar-refractivity contribution in [3.05, 3.63) is 81.0 Å². The van der Waals surface area contributed by atoms with Crippen LogP contribution >= 0.6 is 67.8 Å². The molecule has 0 atom stereocenters. The van der Waals surface area contributed by atoms with Crippen molar-refractivity contribution in [2.24, 2.45) is 0 Å². The molecule has 17 heteroatoms. The van der Waals surface area contributed by atoms with E-state index in [1.165, 1.54) is 0 Å². The molecule has 1 N–H and O–H groups in total. The summed E-state index contributed by atoms with van der Waals surface area (Å²) in [5.41, 5.74) is -2.94. The molecule has 0 aromatic heterocycles. The first-order valence-corrected chi connectivity index (χ1v) is 16.9. The van der Waals surface area contributed by atoms with Gasteiger partial charge in [-0.05, 0) is 124 Å². The summed E-state index contributed by atoms with van der Waals surface area (Å²) in [4.78, 5) is 37.2. The van der Waals surface area contributed by atoms with E-state index >= 15 is 0 Å². The highest BCUT2D eigenvalue weighted by Gasteiger charge is 2.37. The largest absolute Gasteiger partial charge is 0.442 e. The van der Waals surface area contributed by atoms with E-state index in [2.05, 4.69) is 10.7 Å². The van der Waals surface area contributed by atoms with Gasteiger partial charge in [-0.25, -0.2) is 23.2 Å². The summed E-state index contributed by atoms with van der Waals surface area (Å²) < 4.78 is 107. The van der Waals surface area contributed by atoms with Crippen molar-refractivity contribution in [3.8, 4) is 23.8 Å². The third-order valence-electron chi connectivity index (χ3n) is 6.45. The van der Waals surface area contributed by atoms with E-state index < -0.39 is 78.7 Å². The maximum atomic E-state index is 14.6. The second-order valence-electron chi connectivity index (χ2n) is 9.36. The van der Waals surface area contributed by atoms with Crippen molar-refractivity contribution >= 4 is 95.8 Å². The normalized spacial score (nSPS) is 14.0. The molecule has 1 aliphatic rings. The van der Waals surface area contributed by atoms with Crippen LogP contribution in [0.2, 0.25) is 0 Å². The molecule has 3 aromatic carbocycles. The molecule has 0 bridgehead atoms. The van der Waals surface area contributed by atoms with Gasteiger partial charge in [-0.1, -0.05) is 5.92 Å². The van der Waals surface area contributed by atoms with E-state index in [4.69, 9.17) is 20.4 Å². The third kappa shape index (κ3) is 7.39. The van der Waals surface area contributed by atoms with Gasteiger partial charge in [0.05, 0.1) is 23.8 Å².